The Morgan fingerprint density at radius 1 is 0.963 bits per heavy atom. The van der Waals surface area contributed by atoms with E-state index in [1.54, 1.807) is 41.0 Å². The zero-order valence-electron chi connectivity index (χ0n) is 14.8. The van der Waals surface area contributed by atoms with Crippen LogP contribution in [0.15, 0.2) is 53.3 Å². The van der Waals surface area contributed by atoms with E-state index in [0.29, 0.717) is 34.6 Å². The number of aliphatic carboxylic acids is 1. The van der Waals surface area contributed by atoms with Crippen LogP contribution in [0.3, 0.4) is 0 Å². The Hall–Kier alpha value is -3.15. The number of carboxylic acid groups (broad SMARTS) is 1. The number of hydrogen-bond donors (Lipinski definition) is 2. The van der Waals surface area contributed by atoms with Crippen molar-refractivity contribution in [2.24, 2.45) is 0 Å². The molecular formula is C21H20N2O4. The van der Waals surface area contributed by atoms with E-state index < -0.39 is 11.5 Å². The van der Waals surface area contributed by atoms with Crippen molar-refractivity contribution in [3.63, 3.8) is 0 Å². The Bertz CT molecular complexity index is 1050. The van der Waals surface area contributed by atoms with Crippen LogP contribution in [0.1, 0.15) is 25.7 Å². The molecule has 1 aliphatic carbocycles. The Morgan fingerprint density at radius 3 is 2.00 bits per heavy atom. The average molecular weight is 364 g/mol. The number of pyridine rings is 1. The molecule has 3 aromatic rings. The number of hydrogen-bond acceptors (Lipinski definition) is 3. The van der Waals surface area contributed by atoms with Gasteiger partial charge in [0.05, 0.1) is 11.0 Å². The number of aromatic nitrogens is 1. The van der Waals surface area contributed by atoms with Crippen molar-refractivity contribution in [1.29, 1.82) is 0 Å². The summed E-state index contributed by atoms with van der Waals surface area (Å²) in [5, 5.41) is 13.4. The van der Waals surface area contributed by atoms with Gasteiger partial charge in [-0.3, -0.25) is 9.59 Å². The molecule has 1 heterocycles. The Labute approximate surface area is 155 Å². The van der Waals surface area contributed by atoms with Crippen molar-refractivity contribution in [3.8, 4) is 0 Å². The molecule has 1 aromatic heterocycles. The fourth-order valence-electron chi connectivity index (χ4n) is 4.07. The SMILES string of the molecule is O=C(Cn1c2ccccc2c(=O)c2ccccc21)NC1(C(=O)O)CCCC1. The van der Waals surface area contributed by atoms with E-state index in [9.17, 15) is 19.5 Å². The normalized spacial score (nSPS) is 15.9. The monoisotopic (exact) mass is 364 g/mol. The number of carbonyl (C=O) groups is 2. The minimum atomic E-state index is -1.18. The van der Waals surface area contributed by atoms with Gasteiger partial charge in [-0.2, -0.15) is 0 Å². The number of nitrogens with one attached hydrogen (secondary N) is 1. The topological polar surface area (TPSA) is 88.4 Å². The highest BCUT2D eigenvalue weighted by Crippen LogP contribution is 2.30. The van der Waals surface area contributed by atoms with Gasteiger partial charge < -0.3 is 15.0 Å². The first-order chi connectivity index (χ1) is 13.0. The summed E-state index contributed by atoms with van der Waals surface area (Å²) in [7, 11) is 0. The molecule has 0 saturated heterocycles. The lowest BCUT2D eigenvalue weighted by molar-refractivity contribution is -0.147. The first-order valence-corrected chi connectivity index (χ1v) is 9.06. The van der Waals surface area contributed by atoms with Gasteiger partial charge >= 0.3 is 5.97 Å². The highest BCUT2D eigenvalue weighted by molar-refractivity contribution is 5.95. The molecule has 27 heavy (non-hydrogen) atoms. The van der Waals surface area contributed by atoms with Crippen LogP contribution >= 0.6 is 0 Å². The fraction of sp³-hybridized carbons (Fsp3) is 0.286. The molecule has 1 saturated carbocycles. The van der Waals surface area contributed by atoms with Gasteiger partial charge in [0.2, 0.25) is 5.91 Å². The Balaban J connectivity index is 1.79. The molecule has 0 bridgehead atoms. The van der Waals surface area contributed by atoms with Crippen molar-refractivity contribution in [2.45, 2.75) is 37.8 Å². The minimum Gasteiger partial charge on any atom is -0.480 e. The van der Waals surface area contributed by atoms with Gasteiger partial charge in [-0.15, -0.1) is 0 Å². The van der Waals surface area contributed by atoms with Gasteiger partial charge in [-0.1, -0.05) is 37.1 Å². The molecule has 6 nitrogen and oxygen atoms in total. The van der Waals surface area contributed by atoms with Gasteiger partial charge in [0, 0.05) is 10.8 Å². The molecule has 1 fully saturated rings. The third-order valence-electron chi connectivity index (χ3n) is 5.43. The second-order valence-corrected chi connectivity index (χ2v) is 7.09. The number of para-hydroxylation sites is 2. The Kier molecular flexibility index (Phi) is 4.18. The van der Waals surface area contributed by atoms with Crippen LogP contribution in [0.4, 0.5) is 0 Å². The summed E-state index contributed by atoms with van der Waals surface area (Å²) in [5.41, 5.74) is 0.0665. The predicted octanol–water partition coefficient (Wildman–Crippen LogP) is 2.67. The molecule has 1 amide bonds. The lowest BCUT2D eigenvalue weighted by atomic mass is 9.98. The van der Waals surface area contributed by atoms with Crippen LogP contribution in [0.25, 0.3) is 21.8 Å². The maximum atomic E-state index is 12.8. The lowest BCUT2D eigenvalue weighted by Crippen LogP contribution is -2.53. The number of nitrogens with zero attached hydrogens (tertiary/aromatic N) is 1. The van der Waals surface area contributed by atoms with Gasteiger partial charge in [-0.25, -0.2) is 4.79 Å². The van der Waals surface area contributed by atoms with Gasteiger partial charge in [0.15, 0.2) is 5.43 Å². The lowest BCUT2D eigenvalue weighted by Gasteiger charge is -2.26. The van der Waals surface area contributed by atoms with Crippen LogP contribution < -0.4 is 10.7 Å². The number of carboxylic acids is 1. The van der Waals surface area contributed by atoms with Crippen molar-refractivity contribution in [3.05, 3.63) is 58.8 Å². The molecule has 2 aromatic carbocycles. The van der Waals surface area contributed by atoms with Gasteiger partial charge in [-0.05, 0) is 37.1 Å². The number of amides is 1. The third kappa shape index (κ3) is 2.87. The highest BCUT2D eigenvalue weighted by atomic mass is 16.4. The summed E-state index contributed by atoms with van der Waals surface area (Å²) in [6.45, 7) is -0.0453. The van der Waals surface area contributed by atoms with Crippen LogP contribution in [0, 0.1) is 0 Å². The van der Waals surface area contributed by atoms with Crippen molar-refractivity contribution in [1.82, 2.24) is 9.88 Å². The Morgan fingerprint density at radius 2 is 1.48 bits per heavy atom. The van der Waals surface area contributed by atoms with Crippen LogP contribution in [0.5, 0.6) is 0 Å². The van der Waals surface area contributed by atoms with E-state index in [1.807, 2.05) is 12.1 Å². The maximum absolute atomic E-state index is 12.8. The largest absolute Gasteiger partial charge is 0.480 e. The van der Waals surface area contributed by atoms with Crippen LogP contribution in [-0.4, -0.2) is 27.1 Å². The van der Waals surface area contributed by atoms with Crippen molar-refractivity contribution >= 4 is 33.7 Å². The summed E-state index contributed by atoms with van der Waals surface area (Å²) in [6.07, 6.45) is 2.46. The first kappa shape index (κ1) is 17.3. The third-order valence-corrected chi connectivity index (χ3v) is 5.43. The van der Waals surface area contributed by atoms with Gasteiger partial charge in [0.25, 0.3) is 0 Å². The summed E-state index contributed by atoms with van der Waals surface area (Å²) >= 11 is 0. The number of carbonyl (C=O) groups excluding carboxylic acids is 1. The quantitative estimate of drug-likeness (QED) is 0.697. The average Bonchev–Trinajstić information content (AvgIpc) is 3.15. The van der Waals surface area contributed by atoms with Gasteiger partial charge in [0.1, 0.15) is 12.1 Å². The summed E-state index contributed by atoms with van der Waals surface area (Å²) in [6, 6.07) is 14.3. The zero-order valence-corrected chi connectivity index (χ0v) is 14.8. The van der Waals surface area contributed by atoms with Crippen LogP contribution in [-0.2, 0) is 16.1 Å². The smallest absolute Gasteiger partial charge is 0.329 e. The minimum absolute atomic E-state index is 0.0453. The number of fused-ring (bicyclic) bond motifs is 2. The van der Waals surface area contributed by atoms with E-state index >= 15 is 0 Å². The molecule has 0 atom stereocenters. The highest BCUT2D eigenvalue weighted by Gasteiger charge is 2.42. The molecule has 138 valence electrons. The molecule has 0 aliphatic heterocycles. The zero-order chi connectivity index (χ0) is 19.0. The number of rotatable bonds is 4. The summed E-state index contributed by atoms with van der Waals surface area (Å²) < 4.78 is 1.78. The number of benzene rings is 2. The fourth-order valence-corrected chi connectivity index (χ4v) is 4.07. The molecule has 0 spiro atoms. The van der Waals surface area contributed by atoms with Crippen molar-refractivity contribution in [2.75, 3.05) is 0 Å². The first-order valence-electron chi connectivity index (χ1n) is 9.06. The second-order valence-electron chi connectivity index (χ2n) is 7.09. The summed E-state index contributed by atoms with van der Waals surface area (Å²) in [4.78, 5) is 37.2. The molecular weight excluding hydrogens is 344 g/mol. The maximum Gasteiger partial charge on any atom is 0.329 e. The molecule has 6 heteroatoms. The molecule has 0 unspecified atom stereocenters. The molecule has 4 rings (SSSR count). The van der Waals surface area contributed by atoms with E-state index in [2.05, 4.69) is 5.32 Å². The molecule has 2 N–H and O–H groups in total. The predicted molar refractivity (Wildman–Crippen MR) is 103 cm³/mol. The van der Waals surface area contributed by atoms with E-state index in [4.69, 9.17) is 0 Å². The van der Waals surface area contributed by atoms with Crippen molar-refractivity contribution < 1.29 is 14.7 Å². The molecule has 0 radical (unpaired) electrons. The van der Waals surface area contributed by atoms with E-state index in [-0.39, 0.29) is 17.9 Å². The van der Waals surface area contributed by atoms with Crippen LogP contribution in [0.2, 0.25) is 0 Å². The van der Waals surface area contributed by atoms with E-state index in [0.717, 1.165) is 12.8 Å². The second kappa shape index (κ2) is 6.54. The van der Waals surface area contributed by atoms with E-state index in [1.165, 1.54) is 0 Å². The molecule has 1 aliphatic rings. The standard InChI is InChI=1S/C21H20N2O4/c24-18(22-21(20(26)27)11-5-6-12-21)13-23-16-9-3-1-7-14(16)19(25)15-8-2-4-10-17(15)23/h1-4,7-10H,5-6,11-13H2,(H,22,24)(H,26,27). The summed E-state index contributed by atoms with van der Waals surface area (Å²) in [5.74, 6) is -1.35.